The Labute approximate surface area is 198 Å². The molecule has 0 bridgehead atoms. The Morgan fingerprint density at radius 2 is 1.91 bits per heavy atom. The van der Waals surface area contributed by atoms with Crippen LogP contribution in [0.25, 0.3) is 16.4 Å². The molecule has 2 aromatic heterocycles. The Kier molecular flexibility index (Phi) is 6.99. The average molecular weight is 487 g/mol. The zero-order chi connectivity index (χ0) is 22.5. The van der Waals surface area contributed by atoms with E-state index in [2.05, 4.69) is 15.5 Å². The number of halogens is 1. The van der Waals surface area contributed by atoms with Gasteiger partial charge < -0.3 is 14.8 Å². The summed E-state index contributed by atoms with van der Waals surface area (Å²) in [5.74, 6) is 1.80. The first kappa shape index (κ1) is 22.2. The molecule has 164 valence electrons. The van der Waals surface area contributed by atoms with E-state index in [1.54, 1.807) is 36.6 Å². The van der Waals surface area contributed by atoms with Gasteiger partial charge in [-0.05, 0) is 41.8 Å². The van der Waals surface area contributed by atoms with Gasteiger partial charge in [-0.15, -0.1) is 21.5 Å². The topological polar surface area (TPSA) is 78.3 Å². The summed E-state index contributed by atoms with van der Waals surface area (Å²) in [6, 6.07) is 16.6. The van der Waals surface area contributed by atoms with Crippen molar-refractivity contribution in [2.24, 2.45) is 0 Å². The third-order valence-electron chi connectivity index (χ3n) is 4.47. The number of ether oxygens (including phenoxy) is 2. The number of carbonyl (C=O) groups is 1. The molecule has 7 nitrogen and oxygen atoms in total. The van der Waals surface area contributed by atoms with Crippen LogP contribution in [-0.4, -0.2) is 40.6 Å². The summed E-state index contributed by atoms with van der Waals surface area (Å²) in [6.07, 6.45) is 0. The van der Waals surface area contributed by atoms with Crippen LogP contribution in [-0.2, 0) is 4.79 Å². The van der Waals surface area contributed by atoms with Gasteiger partial charge in [0.2, 0.25) is 5.91 Å². The maximum Gasteiger partial charge on any atom is 0.234 e. The van der Waals surface area contributed by atoms with Crippen molar-refractivity contribution in [1.29, 1.82) is 0 Å². The highest BCUT2D eigenvalue weighted by Gasteiger charge is 2.20. The van der Waals surface area contributed by atoms with Crippen molar-refractivity contribution in [3.63, 3.8) is 0 Å². The summed E-state index contributed by atoms with van der Waals surface area (Å²) < 4.78 is 12.7. The molecule has 0 spiro atoms. The molecule has 32 heavy (non-hydrogen) atoms. The summed E-state index contributed by atoms with van der Waals surface area (Å²) in [5.41, 5.74) is 1.30. The fourth-order valence-corrected chi connectivity index (χ4v) is 4.67. The van der Waals surface area contributed by atoms with Crippen LogP contribution in [0.3, 0.4) is 0 Å². The van der Waals surface area contributed by atoms with E-state index in [0.717, 1.165) is 10.6 Å². The smallest absolute Gasteiger partial charge is 0.234 e. The highest BCUT2D eigenvalue weighted by molar-refractivity contribution is 7.99. The van der Waals surface area contributed by atoms with Crippen molar-refractivity contribution in [2.75, 3.05) is 25.3 Å². The molecule has 1 amide bonds. The minimum Gasteiger partial charge on any atom is -0.495 e. The Morgan fingerprint density at radius 3 is 2.66 bits per heavy atom. The molecule has 4 aromatic rings. The van der Waals surface area contributed by atoms with Crippen LogP contribution in [0.2, 0.25) is 5.02 Å². The second-order valence-electron chi connectivity index (χ2n) is 6.47. The van der Waals surface area contributed by atoms with Crippen LogP contribution >= 0.6 is 34.7 Å². The van der Waals surface area contributed by atoms with Gasteiger partial charge >= 0.3 is 0 Å². The summed E-state index contributed by atoms with van der Waals surface area (Å²) >= 11 is 8.90. The molecule has 0 aliphatic rings. The quantitative estimate of drug-likeness (QED) is 0.336. The molecule has 0 radical (unpaired) electrons. The number of methoxy groups -OCH3 is 2. The molecule has 0 aliphatic heterocycles. The van der Waals surface area contributed by atoms with Crippen LogP contribution < -0.4 is 14.8 Å². The van der Waals surface area contributed by atoms with Gasteiger partial charge in [0.1, 0.15) is 11.5 Å². The van der Waals surface area contributed by atoms with E-state index in [-0.39, 0.29) is 11.7 Å². The number of carbonyl (C=O) groups excluding carboxylic acids is 1. The SMILES string of the molecule is COc1ccc(Cl)cc1NC(=O)CSc1nnc(-c2cccs2)n1-c1ccccc1OC. The number of nitrogens with zero attached hydrogens (tertiary/aromatic N) is 3. The molecular formula is C22H19ClN4O3S2. The number of benzene rings is 2. The Hall–Kier alpha value is -3.01. The zero-order valence-electron chi connectivity index (χ0n) is 17.2. The number of hydrogen-bond donors (Lipinski definition) is 1. The van der Waals surface area contributed by atoms with Crippen LogP contribution in [0.15, 0.2) is 65.1 Å². The number of anilines is 1. The highest BCUT2D eigenvalue weighted by Crippen LogP contribution is 2.34. The van der Waals surface area contributed by atoms with Gasteiger partial charge in [-0.25, -0.2) is 0 Å². The first-order valence-electron chi connectivity index (χ1n) is 9.49. The molecule has 0 aliphatic carbocycles. The van der Waals surface area contributed by atoms with E-state index in [0.29, 0.717) is 33.2 Å². The summed E-state index contributed by atoms with van der Waals surface area (Å²) in [6.45, 7) is 0. The molecule has 2 aromatic carbocycles. The molecule has 0 fully saturated rings. The molecule has 0 atom stereocenters. The van der Waals surface area contributed by atoms with Gasteiger partial charge in [-0.1, -0.05) is 41.6 Å². The molecule has 0 unspecified atom stereocenters. The Balaban J connectivity index is 1.61. The molecule has 10 heteroatoms. The number of para-hydroxylation sites is 2. The highest BCUT2D eigenvalue weighted by atomic mass is 35.5. The second-order valence-corrected chi connectivity index (χ2v) is 8.80. The largest absolute Gasteiger partial charge is 0.495 e. The van der Waals surface area contributed by atoms with Crippen molar-refractivity contribution in [1.82, 2.24) is 14.8 Å². The average Bonchev–Trinajstić information content (AvgIpc) is 3.47. The van der Waals surface area contributed by atoms with Crippen molar-refractivity contribution in [3.8, 4) is 27.9 Å². The van der Waals surface area contributed by atoms with Crippen molar-refractivity contribution >= 4 is 46.3 Å². The van der Waals surface area contributed by atoms with Gasteiger partial charge in [-0.3, -0.25) is 9.36 Å². The van der Waals surface area contributed by atoms with E-state index in [1.165, 1.54) is 18.9 Å². The standard InChI is InChI=1S/C22H19ClN4O3S2/c1-29-17-10-9-14(23)12-15(17)24-20(28)13-32-22-26-25-21(19-8-5-11-31-19)27(22)16-6-3-4-7-18(16)30-2/h3-12H,13H2,1-2H3,(H,24,28). The maximum absolute atomic E-state index is 12.7. The van der Waals surface area contributed by atoms with E-state index in [1.807, 2.05) is 46.3 Å². The number of rotatable bonds is 8. The van der Waals surface area contributed by atoms with Gasteiger partial charge in [0.25, 0.3) is 0 Å². The Bertz CT molecular complexity index is 1230. The monoisotopic (exact) mass is 486 g/mol. The zero-order valence-corrected chi connectivity index (χ0v) is 19.6. The van der Waals surface area contributed by atoms with Crippen LogP contribution in [0, 0.1) is 0 Å². The Morgan fingerprint density at radius 1 is 1.09 bits per heavy atom. The predicted molar refractivity (Wildman–Crippen MR) is 129 cm³/mol. The van der Waals surface area contributed by atoms with Gasteiger partial charge in [0.05, 0.1) is 36.2 Å². The van der Waals surface area contributed by atoms with E-state index < -0.39 is 0 Å². The summed E-state index contributed by atoms with van der Waals surface area (Å²) in [7, 11) is 3.15. The van der Waals surface area contributed by atoms with Crippen molar-refractivity contribution in [3.05, 3.63) is 65.0 Å². The molecule has 0 saturated carbocycles. The lowest BCUT2D eigenvalue weighted by Gasteiger charge is -2.13. The fraction of sp³-hybridized carbons (Fsp3) is 0.136. The van der Waals surface area contributed by atoms with Gasteiger partial charge in [0, 0.05) is 5.02 Å². The normalized spacial score (nSPS) is 10.7. The number of hydrogen-bond acceptors (Lipinski definition) is 7. The summed E-state index contributed by atoms with van der Waals surface area (Å²) in [5, 5.41) is 14.6. The first-order chi connectivity index (χ1) is 15.6. The van der Waals surface area contributed by atoms with E-state index in [4.69, 9.17) is 21.1 Å². The minimum absolute atomic E-state index is 0.118. The minimum atomic E-state index is -0.220. The van der Waals surface area contributed by atoms with Crippen LogP contribution in [0.1, 0.15) is 0 Å². The maximum atomic E-state index is 12.7. The first-order valence-corrected chi connectivity index (χ1v) is 11.7. The third kappa shape index (κ3) is 4.74. The number of thioether (sulfide) groups is 1. The number of thiophene rings is 1. The fourth-order valence-electron chi connectivity index (χ4n) is 3.05. The third-order valence-corrected chi connectivity index (χ3v) is 6.50. The van der Waals surface area contributed by atoms with Gasteiger partial charge in [0.15, 0.2) is 11.0 Å². The molecule has 2 heterocycles. The lowest BCUT2D eigenvalue weighted by atomic mass is 10.3. The lowest BCUT2D eigenvalue weighted by Crippen LogP contribution is -2.15. The second kappa shape index (κ2) is 10.1. The van der Waals surface area contributed by atoms with Crippen LogP contribution in [0.5, 0.6) is 11.5 Å². The van der Waals surface area contributed by atoms with Gasteiger partial charge in [-0.2, -0.15) is 0 Å². The number of aromatic nitrogens is 3. The number of amides is 1. The van der Waals surface area contributed by atoms with Crippen molar-refractivity contribution in [2.45, 2.75) is 5.16 Å². The molecular weight excluding hydrogens is 468 g/mol. The molecule has 1 N–H and O–H groups in total. The van der Waals surface area contributed by atoms with Crippen molar-refractivity contribution < 1.29 is 14.3 Å². The molecule has 4 rings (SSSR count). The van der Waals surface area contributed by atoms with Crippen LogP contribution in [0.4, 0.5) is 5.69 Å². The van der Waals surface area contributed by atoms with E-state index >= 15 is 0 Å². The molecule has 0 saturated heterocycles. The van der Waals surface area contributed by atoms with E-state index in [9.17, 15) is 4.79 Å². The lowest BCUT2D eigenvalue weighted by molar-refractivity contribution is -0.113. The predicted octanol–water partition coefficient (Wildman–Crippen LogP) is 5.40. The number of nitrogens with one attached hydrogen (secondary N) is 1. The summed E-state index contributed by atoms with van der Waals surface area (Å²) in [4.78, 5) is 13.6.